The van der Waals surface area contributed by atoms with Gasteiger partial charge in [0.05, 0.1) is 6.54 Å². The second kappa shape index (κ2) is 12.2. The number of aliphatic hydroxyl groups is 1. The summed E-state index contributed by atoms with van der Waals surface area (Å²) in [6.07, 6.45) is 2.55. The van der Waals surface area contributed by atoms with Gasteiger partial charge in [-0.05, 0) is 56.5 Å². The quantitative estimate of drug-likeness (QED) is 0.286. The van der Waals surface area contributed by atoms with Crippen LogP contribution in [0.15, 0.2) is 22.5 Å². The average molecular weight is 509 g/mol. The number of halogens is 1. The zero-order valence-corrected chi connectivity index (χ0v) is 20.3. The molecule has 0 aliphatic carbocycles. The number of guanidine groups is 1. The molecule has 1 aliphatic rings. The summed E-state index contributed by atoms with van der Waals surface area (Å²) in [5, 5.41) is 19.4. The monoisotopic (exact) mass is 508 g/mol. The molecule has 0 saturated carbocycles. The van der Waals surface area contributed by atoms with Crippen molar-refractivity contribution >= 4 is 41.3 Å². The van der Waals surface area contributed by atoms with Crippen LogP contribution < -0.4 is 10.6 Å². The first-order chi connectivity index (χ1) is 12.4. The van der Waals surface area contributed by atoms with E-state index in [1.165, 1.54) is 25.9 Å². The molecule has 3 N–H and O–H groups in total. The van der Waals surface area contributed by atoms with Crippen LogP contribution in [-0.2, 0) is 5.60 Å². The molecular formula is C20H37IN4OS. The Hall–Kier alpha value is -0.380. The van der Waals surface area contributed by atoms with Gasteiger partial charge in [0.15, 0.2) is 5.96 Å². The topological polar surface area (TPSA) is 59.9 Å². The fourth-order valence-electron chi connectivity index (χ4n) is 3.48. The summed E-state index contributed by atoms with van der Waals surface area (Å²) in [5.41, 5.74) is -0.921. The van der Waals surface area contributed by atoms with Crippen LogP contribution in [0.1, 0.15) is 45.4 Å². The van der Waals surface area contributed by atoms with E-state index >= 15 is 0 Å². The lowest BCUT2D eigenvalue weighted by Crippen LogP contribution is -2.45. The lowest BCUT2D eigenvalue weighted by Gasteiger charge is -2.34. The molecule has 1 aliphatic heterocycles. The van der Waals surface area contributed by atoms with Crippen molar-refractivity contribution in [1.82, 2.24) is 15.5 Å². The third kappa shape index (κ3) is 8.66. The molecule has 1 fully saturated rings. The lowest BCUT2D eigenvalue weighted by molar-refractivity contribution is 0.0711. The molecule has 0 radical (unpaired) electrons. The molecule has 0 aromatic carbocycles. The minimum absolute atomic E-state index is 0. The Morgan fingerprint density at radius 1 is 1.44 bits per heavy atom. The van der Waals surface area contributed by atoms with Crippen LogP contribution >= 0.6 is 35.3 Å². The lowest BCUT2D eigenvalue weighted by atomic mass is 9.97. The molecule has 1 aromatic rings. The van der Waals surface area contributed by atoms with Crippen molar-refractivity contribution in [1.29, 1.82) is 0 Å². The highest BCUT2D eigenvalue weighted by molar-refractivity contribution is 14.0. The molecule has 0 bridgehead atoms. The number of nitrogens with one attached hydrogen (secondary N) is 2. The van der Waals surface area contributed by atoms with Crippen LogP contribution in [0.4, 0.5) is 0 Å². The second-order valence-electron chi connectivity index (χ2n) is 7.99. The summed E-state index contributed by atoms with van der Waals surface area (Å²) in [5.74, 6) is 2.18. The molecule has 7 heteroatoms. The maximum atomic E-state index is 10.7. The van der Waals surface area contributed by atoms with Crippen molar-refractivity contribution in [3.8, 4) is 0 Å². The van der Waals surface area contributed by atoms with Crippen LogP contribution in [0.3, 0.4) is 0 Å². The summed E-state index contributed by atoms with van der Waals surface area (Å²) in [7, 11) is 0. The summed E-state index contributed by atoms with van der Waals surface area (Å²) >= 11 is 1.57. The zero-order valence-electron chi connectivity index (χ0n) is 17.2. The van der Waals surface area contributed by atoms with Crippen LogP contribution in [0.5, 0.6) is 0 Å². The van der Waals surface area contributed by atoms with Gasteiger partial charge in [-0.3, -0.25) is 0 Å². The van der Waals surface area contributed by atoms with Crippen molar-refractivity contribution in [2.45, 2.75) is 46.1 Å². The van der Waals surface area contributed by atoms with Gasteiger partial charge in [0.2, 0.25) is 0 Å². The summed E-state index contributed by atoms with van der Waals surface area (Å²) in [6, 6.07) is 3.93. The van der Waals surface area contributed by atoms with E-state index in [1.807, 2.05) is 24.4 Å². The number of rotatable bonds is 8. The van der Waals surface area contributed by atoms with E-state index in [4.69, 9.17) is 0 Å². The predicted molar refractivity (Wildman–Crippen MR) is 127 cm³/mol. The molecule has 2 heterocycles. The first kappa shape index (κ1) is 24.7. The van der Waals surface area contributed by atoms with Gasteiger partial charge in [0.25, 0.3) is 0 Å². The molecular weight excluding hydrogens is 471 g/mol. The average Bonchev–Trinajstić information content (AvgIpc) is 3.13. The van der Waals surface area contributed by atoms with E-state index in [9.17, 15) is 5.11 Å². The van der Waals surface area contributed by atoms with E-state index in [0.717, 1.165) is 36.4 Å². The maximum absolute atomic E-state index is 10.7. The van der Waals surface area contributed by atoms with E-state index in [2.05, 4.69) is 41.3 Å². The van der Waals surface area contributed by atoms with Gasteiger partial charge < -0.3 is 20.6 Å². The molecule has 2 unspecified atom stereocenters. The summed E-state index contributed by atoms with van der Waals surface area (Å²) in [4.78, 5) is 8.17. The Balaban J connectivity index is 0.00000364. The third-order valence-corrected chi connectivity index (χ3v) is 5.85. The van der Waals surface area contributed by atoms with Crippen LogP contribution in [0.25, 0.3) is 0 Å². The van der Waals surface area contributed by atoms with Crippen molar-refractivity contribution in [3.05, 3.63) is 22.4 Å². The first-order valence-electron chi connectivity index (χ1n) is 9.91. The van der Waals surface area contributed by atoms with Gasteiger partial charge >= 0.3 is 0 Å². The standard InChI is InChI=1S/C20H36N4OS.HI/c1-5-21-19(23-15-20(4,25)18-9-7-11-26-18)22-12-17-8-6-10-24(14-17)13-16(2)3;/h7,9,11,16-17,25H,5-6,8,10,12-15H2,1-4H3,(H2,21,22,23);1H. The van der Waals surface area contributed by atoms with Gasteiger partial charge in [-0.2, -0.15) is 0 Å². The second-order valence-corrected chi connectivity index (χ2v) is 8.94. The van der Waals surface area contributed by atoms with Crippen LogP contribution in [0, 0.1) is 11.8 Å². The number of piperidine rings is 1. The number of thiophene rings is 1. The van der Waals surface area contributed by atoms with E-state index in [1.54, 1.807) is 11.3 Å². The van der Waals surface area contributed by atoms with Crippen LogP contribution in [-0.4, -0.2) is 55.2 Å². The Morgan fingerprint density at radius 3 is 2.85 bits per heavy atom. The van der Waals surface area contributed by atoms with Crippen molar-refractivity contribution < 1.29 is 5.11 Å². The Bertz CT molecular complexity index is 548. The molecule has 2 rings (SSSR count). The Morgan fingerprint density at radius 2 is 2.22 bits per heavy atom. The number of likely N-dealkylation sites (tertiary alicyclic amines) is 1. The van der Waals surface area contributed by atoms with Gasteiger partial charge in [-0.15, -0.1) is 35.3 Å². The Labute approximate surface area is 186 Å². The molecule has 0 spiro atoms. The highest BCUT2D eigenvalue weighted by Gasteiger charge is 2.24. The fraction of sp³-hybridized carbons (Fsp3) is 0.750. The number of aliphatic imine (C=N–C) groups is 1. The first-order valence-corrected chi connectivity index (χ1v) is 10.8. The summed E-state index contributed by atoms with van der Waals surface area (Å²) < 4.78 is 0. The minimum Gasteiger partial charge on any atom is -0.383 e. The molecule has 2 atom stereocenters. The Kier molecular flexibility index (Phi) is 11.2. The van der Waals surface area contributed by atoms with Crippen LogP contribution in [0.2, 0.25) is 0 Å². The SMILES string of the molecule is CCNC(=NCC(C)(O)c1cccs1)NCC1CCCN(CC(C)C)C1.I. The predicted octanol–water partition coefficient (Wildman–Crippen LogP) is 3.50. The highest BCUT2D eigenvalue weighted by Crippen LogP contribution is 2.25. The number of nitrogens with zero attached hydrogens (tertiary/aromatic N) is 2. The smallest absolute Gasteiger partial charge is 0.191 e. The fourth-order valence-corrected chi connectivity index (χ4v) is 4.26. The molecule has 0 amide bonds. The van der Waals surface area contributed by atoms with Gasteiger partial charge in [0, 0.05) is 31.1 Å². The maximum Gasteiger partial charge on any atom is 0.191 e. The van der Waals surface area contributed by atoms with E-state index < -0.39 is 5.60 Å². The van der Waals surface area contributed by atoms with Crippen molar-refractivity contribution in [2.75, 3.05) is 39.3 Å². The molecule has 1 saturated heterocycles. The molecule has 27 heavy (non-hydrogen) atoms. The molecule has 156 valence electrons. The van der Waals surface area contributed by atoms with Crippen molar-refractivity contribution in [2.24, 2.45) is 16.8 Å². The normalized spacial score (nSPS) is 20.8. The number of hydrogen-bond acceptors (Lipinski definition) is 4. The van der Waals surface area contributed by atoms with Crippen molar-refractivity contribution in [3.63, 3.8) is 0 Å². The largest absolute Gasteiger partial charge is 0.383 e. The van der Waals surface area contributed by atoms with E-state index in [-0.39, 0.29) is 24.0 Å². The zero-order chi connectivity index (χ0) is 19.0. The number of hydrogen-bond donors (Lipinski definition) is 3. The van der Waals surface area contributed by atoms with Gasteiger partial charge in [-0.25, -0.2) is 4.99 Å². The third-order valence-electron chi connectivity index (χ3n) is 4.73. The molecule has 1 aromatic heterocycles. The highest BCUT2D eigenvalue weighted by atomic mass is 127. The van der Waals surface area contributed by atoms with Gasteiger partial charge in [0.1, 0.15) is 5.60 Å². The van der Waals surface area contributed by atoms with Gasteiger partial charge in [-0.1, -0.05) is 19.9 Å². The minimum atomic E-state index is -0.921. The van der Waals surface area contributed by atoms with E-state index in [0.29, 0.717) is 12.5 Å². The summed E-state index contributed by atoms with van der Waals surface area (Å²) in [6.45, 7) is 14.2. The molecule has 5 nitrogen and oxygen atoms in total.